The van der Waals surface area contributed by atoms with E-state index in [4.69, 9.17) is 5.26 Å². The fourth-order valence-electron chi connectivity index (χ4n) is 3.29. The van der Waals surface area contributed by atoms with E-state index in [1.165, 1.54) is 0 Å². The minimum Gasteiger partial charge on any atom is -0.323 e. The number of halogens is 1. The molecule has 0 saturated heterocycles. The molecular formula is C22H23BrN8. The van der Waals surface area contributed by atoms with Gasteiger partial charge in [0, 0.05) is 31.3 Å². The summed E-state index contributed by atoms with van der Waals surface area (Å²) in [6, 6.07) is 9.55. The lowest BCUT2D eigenvalue weighted by Gasteiger charge is -2.08. The number of hydrogen-bond donors (Lipinski definition) is 1. The Morgan fingerprint density at radius 3 is 2.42 bits per heavy atom. The fraction of sp³-hybridized carbons (Fsp3) is 0.227. The van der Waals surface area contributed by atoms with Crippen LogP contribution in [-0.2, 0) is 7.05 Å². The zero-order valence-electron chi connectivity index (χ0n) is 18.1. The fourth-order valence-corrected chi connectivity index (χ4v) is 3.53. The maximum Gasteiger partial charge on any atom is 0.157 e. The van der Waals surface area contributed by atoms with Crippen LogP contribution in [0.2, 0.25) is 0 Å². The molecule has 0 radical (unpaired) electrons. The van der Waals surface area contributed by atoms with Crippen LogP contribution in [0, 0.1) is 32.1 Å². The first kappa shape index (κ1) is 22.2. The lowest BCUT2D eigenvalue weighted by molar-refractivity contribution is 0.778. The topological polar surface area (TPSA) is 96.2 Å². The molecule has 8 nitrogen and oxygen atoms in total. The molecule has 1 N–H and O–H groups in total. The Hall–Kier alpha value is -3.51. The van der Waals surface area contributed by atoms with Crippen LogP contribution < -0.4 is 5.32 Å². The van der Waals surface area contributed by atoms with E-state index in [0.717, 1.165) is 32.7 Å². The number of rotatable bonds is 5. The third-order valence-electron chi connectivity index (χ3n) is 4.90. The molecule has 31 heavy (non-hydrogen) atoms. The summed E-state index contributed by atoms with van der Waals surface area (Å²) in [6.45, 7) is 9.55. The Morgan fingerprint density at radius 2 is 1.90 bits per heavy atom. The Morgan fingerprint density at radius 1 is 1.23 bits per heavy atom. The van der Waals surface area contributed by atoms with Crippen molar-refractivity contribution < 1.29 is 0 Å². The highest BCUT2D eigenvalue weighted by atomic mass is 79.9. The highest BCUT2D eigenvalue weighted by Crippen LogP contribution is 2.29. The van der Waals surface area contributed by atoms with Crippen molar-refractivity contribution in [3.8, 4) is 17.3 Å². The Labute approximate surface area is 189 Å². The maximum atomic E-state index is 9.03. The molecule has 1 aromatic carbocycles. The molecule has 0 aliphatic carbocycles. The number of hydrogen-bond acceptors (Lipinski definition) is 6. The first-order valence-electron chi connectivity index (χ1n) is 9.49. The van der Waals surface area contributed by atoms with E-state index >= 15 is 0 Å². The number of anilines is 1. The van der Waals surface area contributed by atoms with Gasteiger partial charge in [0.1, 0.15) is 5.82 Å². The molecule has 0 fully saturated rings. The minimum absolute atomic E-state index is 0.497. The van der Waals surface area contributed by atoms with Crippen LogP contribution in [0.25, 0.3) is 11.3 Å². The Bertz CT molecular complexity index is 1240. The normalized spacial score (nSPS) is 12.0. The average Bonchev–Trinajstić information content (AvgIpc) is 3.20. The Kier molecular flexibility index (Phi) is 6.51. The molecule has 0 amide bonds. The molecule has 0 aliphatic rings. The van der Waals surface area contributed by atoms with E-state index in [1.54, 1.807) is 34.6 Å². The molecule has 3 rings (SSSR count). The van der Waals surface area contributed by atoms with E-state index in [9.17, 15) is 0 Å². The van der Waals surface area contributed by atoms with Gasteiger partial charge < -0.3 is 5.32 Å². The second-order valence-corrected chi connectivity index (χ2v) is 7.72. The molecular weight excluding hydrogens is 456 g/mol. The monoisotopic (exact) mass is 478 g/mol. The van der Waals surface area contributed by atoms with Crippen LogP contribution >= 0.6 is 15.9 Å². The van der Waals surface area contributed by atoms with Crippen LogP contribution in [0.15, 0.2) is 50.6 Å². The summed E-state index contributed by atoms with van der Waals surface area (Å²) < 4.78 is 4.49. The van der Waals surface area contributed by atoms with Gasteiger partial charge in [0.2, 0.25) is 0 Å². The number of nitrogens with zero attached hydrogens (tertiary/aromatic N) is 7. The molecule has 2 heterocycles. The summed E-state index contributed by atoms with van der Waals surface area (Å²) in [7, 11) is 3.58. The van der Waals surface area contributed by atoms with Gasteiger partial charge in [-0.25, -0.2) is 9.67 Å². The zero-order valence-corrected chi connectivity index (χ0v) is 19.7. The van der Waals surface area contributed by atoms with Gasteiger partial charge in [-0.3, -0.25) is 9.67 Å². The highest BCUT2D eigenvalue weighted by molar-refractivity contribution is 9.10. The van der Waals surface area contributed by atoms with Crippen LogP contribution in [0.5, 0.6) is 0 Å². The molecule has 0 bridgehead atoms. The summed E-state index contributed by atoms with van der Waals surface area (Å²) in [5.74, 6) is 1.77. The van der Waals surface area contributed by atoms with Crippen LogP contribution in [0.4, 0.5) is 5.82 Å². The van der Waals surface area contributed by atoms with Crippen LogP contribution in [-0.4, -0.2) is 39.2 Å². The van der Waals surface area contributed by atoms with Crippen molar-refractivity contribution in [3.63, 3.8) is 0 Å². The number of allylic oxidation sites excluding steroid dienone is 1. The van der Waals surface area contributed by atoms with Gasteiger partial charge >= 0.3 is 0 Å². The maximum absolute atomic E-state index is 9.03. The number of nitriles is 1. The standard InChI is InChI=1S/C22H23BrN8/c1-13-21(17-9-7-16(12-24)8-10-17)30(6)29-22(13)27-18(25-4)11-19(26-5)31-15(3)20(23)14(2)28-31/h7-11H,4H2,1-3,5-6H3,(H,27,29)/b18-11+,26-19?. The molecule has 2 aromatic heterocycles. The van der Waals surface area contributed by atoms with Crippen LogP contribution in [0.1, 0.15) is 22.5 Å². The van der Waals surface area contributed by atoms with E-state index in [2.05, 4.69) is 54.2 Å². The van der Waals surface area contributed by atoms with E-state index < -0.39 is 0 Å². The summed E-state index contributed by atoms with van der Waals surface area (Å²) in [5.41, 5.74) is 5.30. The van der Waals surface area contributed by atoms with Crippen molar-refractivity contribution in [1.82, 2.24) is 19.6 Å². The summed E-state index contributed by atoms with van der Waals surface area (Å²) in [6.07, 6.45) is 1.77. The smallest absolute Gasteiger partial charge is 0.157 e. The van der Waals surface area contributed by atoms with Gasteiger partial charge in [-0.2, -0.15) is 15.5 Å². The molecule has 3 aromatic rings. The summed E-state index contributed by atoms with van der Waals surface area (Å²) in [4.78, 5) is 8.46. The van der Waals surface area contributed by atoms with Gasteiger partial charge in [-0.05, 0) is 55.6 Å². The number of aromatic nitrogens is 4. The number of benzene rings is 1. The SMILES string of the molecule is C=N/C(=C\C(=NC)n1nc(C)c(Br)c1C)Nc1nn(C)c(-c2ccc(C#N)cc2)c1C. The predicted molar refractivity (Wildman–Crippen MR) is 128 cm³/mol. The van der Waals surface area contributed by atoms with Gasteiger partial charge in [0.15, 0.2) is 11.7 Å². The predicted octanol–water partition coefficient (Wildman–Crippen LogP) is 4.37. The van der Waals surface area contributed by atoms with Crippen molar-refractivity contribution in [1.29, 1.82) is 5.26 Å². The van der Waals surface area contributed by atoms with Crippen LogP contribution in [0.3, 0.4) is 0 Å². The largest absolute Gasteiger partial charge is 0.323 e. The number of aliphatic imine (C=N–C) groups is 2. The van der Waals surface area contributed by atoms with Crippen molar-refractivity contribution in [2.75, 3.05) is 12.4 Å². The van der Waals surface area contributed by atoms with Crippen molar-refractivity contribution in [3.05, 3.63) is 63.1 Å². The van der Waals surface area contributed by atoms with Crippen molar-refractivity contribution >= 4 is 34.3 Å². The summed E-state index contributed by atoms with van der Waals surface area (Å²) in [5, 5.41) is 21.4. The second kappa shape index (κ2) is 9.10. The molecule has 0 unspecified atom stereocenters. The number of aryl methyl sites for hydroxylation is 2. The lowest BCUT2D eigenvalue weighted by Crippen LogP contribution is -2.15. The average molecular weight is 479 g/mol. The van der Waals surface area contributed by atoms with Crippen molar-refractivity contribution in [2.24, 2.45) is 17.0 Å². The van der Waals surface area contributed by atoms with Gasteiger partial charge in [0.05, 0.1) is 33.2 Å². The molecule has 158 valence electrons. The van der Waals surface area contributed by atoms with Gasteiger partial charge in [0.25, 0.3) is 0 Å². The molecule has 0 spiro atoms. The third kappa shape index (κ3) is 4.34. The van der Waals surface area contributed by atoms with E-state index in [0.29, 0.717) is 23.0 Å². The zero-order chi connectivity index (χ0) is 22.7. The minimum atomic E-state index is 0.497. The van der Waals surface area contributed by atoms with Gasteiger partial charge in [-0.15, -0.1) is 0 Å². The van der Waals surface area contributed by atoms with E-state index in [-0.39, 0.29) is 0 Å². The first-order chi connectivity index (χ1) is 14.8. The van der Waals surface area contributed by atoms with Crippen molar-refractivity contribution in [2.45, 2.75) is 20.8 Å². The van der Waals surface area contributed by atoms with Gasteiger partial charge in [-0.1, -0.05) is 12.1 Å². The third-order valence-corrected chi connectivity index (χ3v) is 6.05. The highest BCUT2D eigenvalue weighted by Gasteiger charge is 2.16. The quantitative estimate of drug-likeness (QED) is 0.434. The second-order valence-electron chi connectivity index (χ2n) is 6.93. The molecule has 0 atom stereocenters. The molecule has 0 aliphatic heterocycles. The molecule has 0 saturated carbocycles. The number of nitrogens with one attached hydrogen (secondary N) is 1. The molecule has 9 heteroatoms. The Balaban J connectivity index is 1.95. The lowest BCUT2D eigenvalue weighted by atomic mass is 10.1. The summed E-state index contributed by atoms with van der Waals surface area (Å²) >= 11 is 3.54. The van der Waals surface area contributed by atoms with E-state index in [1.807, 2.05) is 40.0 Å². The first-order valence-corrected chi connectivity index (χ1v) is 10.3.